The minimum absolute atomic E-state index is 0.474. The van der Waals surface area contributed by atoms with Crippen LogP contribution >= 0.6 is 0 Å². The van der Waals surface area contributed by atoms with Gasteiger partial charge in [-0.1, -0.05) is 12.1 Å². The summed E-state index contributed by atoms with van der Waals surface area (Å²) in [6.45, 7) is 6.73. The number of imidazole rings is 1. The third-order valence-electron chi connectivity index (χ3n) is 3.44. The van der Waals surface area contributed by atoms with E-state index < -0.39 is 0 Å². The molecule has 108 valence electrons. The van der Waals surface area contributed by atoms with Crippen LogP contribution in [0.25, 0.3) is 16.7 Å². The molecule has 2 aromatic carbocycles. The minimum atomic E-state index is 0.474. The standard InChI is InChI=1S/C17H19N3O/c1-4-21-15-7-5-6-14-16(15)19-17(18)20(14)13-9-11(2)8-12(3)10-13/h5-10H,4H2,1-3H3,(H2,18,19). The van der Waals surface area contributed by atoms with E-state index in [0.29, 0.717) is 12.6 Å². The Morgan fingerprint density at radius 3 is 2.52 bits per heavy atom. The van der Waals surface area contributed by atoms with E-state index in [1.165, 1.54) is 11.1 Å². The van der Waals surface area contributed by atoms with Crippen molar-refractivity contribution in [2.45, 2.75) is 20.8 Å². The number of fused-ring (bicyclic) bond motifs is 1. The molecule has 0 aliphatic carbocycles. The highest BCUT2D eigenvalue weighted by Crippen LogP contribution is 2.30. The van der Waals surface area contributed by atoms with Crippen LogP contribution < -0.4 is 10.5 Å². The third-order valence-corrected chi connectivity index (χ3v) is 3.44. The van der Waals surface area contributed by atoms with Crippen LogP contribution in [0.4, 0.5) is 5.95 Å². The fraction of sp³-hybridized carbons (Fsp3) is 0.235. The number of nitrogens with zero attached hydrogens (tertiary/aromatic N) is 2. The number of hydrogen-bond donors (Lipinski definition) is 1. The molecule has 0 unspecified atom stereocenters. The van der Waals surface area contributed by atoms with E-state index in [0.717, 1.165) is 22.5 Å². The number of benzene rings is 2. The lowest BCUT2D eigenvalue weighted by Gasteiger charge is -2.09. The van der Waals surface area contributed by atoms with Gasteiger partial charge in [0, 0.05) is 5.69 Å². The largest absolute Gasteiger partial charge is 0.492 e. The van der Waals surface area contributed by atoms with Crippen LogP contribution in [0.15, 0.2) is 36.4 Å². The smallest absolute Gasteiger partial charge is 0.206 e. The number of aromatic nitrogens is 2. The maximum Gasteiger partial charge on any atom is 0.206 e. The fourth-order valence-electron chi connectivity index (χ4n) is 2.71. The van der Waals surface area contributed by atoms with Gasteiger partial charge in [-0.3, -0.25) is 4.57 Å². The Labute approximate surface area is 124 Å². The van der Waals surface area contributed by atoms with Crippen molar-refractivity contribution in [3.63, 3.8) is 0 Å². The van der Waals surface area contributed by atoms with Gasteiger partial charge in [0.25, 0.3) is 0 Å². The normalized spacial score (nSPS) is 11.0. The third kappa shape index (κ3) is 2.33. The summed E-state index contributed by atoms with van der Waals surface area (Å²) in [5.74, 6) is 1.24. The fourth-order valence-corrected chi connectivity index (χ4v) is 2.71. The van der Waals surface area contributed by atoms with Crippen LogP contribution in [0.2, 0.25) is 0 Å². The monoisotopic (exact) mass is 281 g/mol. The zero-order valence-electron chi connectivity index (χ0n) is 12.6. The van der Waals surface area contributed by atoms with Crippen molar-refractivity contribution in [1.82, 2.24) is 9.55 Å². The molecule has 21 heavy (non-hydrogen) atoms. The van der Waals surface area contributed by atoms with Gasteiger partial charge in [-0.25, -0.2) is 4.98 Å². The van der Waals surface area contributed by atoms with E-state index in [4.69, 9.17) is 10.5 Å². The quantitative estimate of drug-likeness (QED) is 0.797. The van der Waals surface area contributed by atoms with E-state index in [9.17, 15) is 0 Å². The molecule has 0 saturated heterocycles. The molecule has 0 aliphatic heterocycles. The average Bonchev–Trinajstić information content (AvgIpc) is 2.75. The van der Waals surface area contributed by atoms with E-state index in [2.05, 4.69) is 37.0 Å². The van der Waals surface area contributed by atoms with Gasteiger partial charge in [0.2, 0.25) is 5.95 Å². The lowest BCUT2D eigenvalue weighted by molar-refractivity contribution is 0.344. The molecule has 1 heterocycles. The Morgan fingerprint density at radius 1 is 1.14 bits per heavy atom. The molecule has 0 atom stereocenters. The summed E-state index contributed by atoms with van der Waals surface area (Å²) in [6.07, 6.45) is 0. The van der Waals surface area contributed by atoms with Gasteiger partial charge < -0.3 is 10.5 Å². The van der Waals surface area contributed by atoms with E-state index in [-0.39, 0.29) is 0 Å². The number of ether oxygens (including phenoxy) is 1. The van der Waals surface area contributed by atoms with Crippen LogP contribution in [-0.4, -0.2) is 16.2 Å². The zero-order chi connectivity index (χ0) is 15.0. The zero-order valence-corrected chi connectivity index (χ0v) is 12.6. The lowest BCUT2D eigenvalue weighted by atomic mass is 10.1. The maximum absolute atomic E-state index is 6.15. The Morgan fingerprint density at radius 2 is 1.86 bits per heavy atom. The average molecular weight is 281 g/mol. The van der Waals surface area contributed by atoms with Crippen LogP contribution in [0.3, 0.4) is 0 Å². The van der Waals surface area contributed by atoms with E-state index >= 15 is 0 Å². The molecular formula is C17H19N3O. The molecule has 0 spiro atoms. The summed E-state index contributed by atoms with van der Waals surface area (Å²) in [7, 11) is 0. The van der Waals surface area contributed by atoms with Crippen molar-refractivity contribution in [2.75, 3.05) is 12.3 Å². The summed E-state index contributed by atoms with van der Waals surface area (Å²) in [5, 5.41) is 0. The number of para-hydroxylation sites is 1. The van der Waals surface area contributed by atoms with Crippen molar-refractivity contribution in [3.8, 4) is 11.4 Å². The Kier molecular flexibility index (Phi) is 3.29. The van der Waals surface area contributed by atoms with Crippen molar-refractivity contribution in [3.05, 3.63) is 47.5 Å². The molecular weight excluding hydrogens is 262 g/mol. The highest BCUT2D eigenvalue weighted by Gasteiger charge is 2.14. The summed E-state index contributed by atoms with van der Waals surface area (Å²) >= 11 is 0. The highest BCUT2D eigenvalue weighted by molar-refractivity contribution is 5.86. The van der Waals surface area contributed by atoms with Crippen molar-refractivity contribution in [1.29, 1.82) is 0 Å². The predicted octanol–water partition coefficient (Wildman–Crippen LogP) is 3.62. The molecule has 0 saturated carbocycles. The van der Waals surface area contributed by atoms with Gasteiger partial charge in [0.1, 0.15) is 11.3 Å². The molecule has 1 aromatic heterocycles. The number of nitrogens with two attached hydrogens (primary N) is 1. The highest BCUT2D eigenvalue weighted by atomic mass is 16.5. The molecule has 0 bridgehead atoms. The number of anilines is 1. The topological polar surface area (TPSA) is 53.1 Å². The molecule has 0 amide bonds. The Bertz CT molecular complexity index is 785. The van der Waals surface area contributed by atoms with Gasteiger partial charge in [-0.2, -0.15) is 0 Å². The molecule has 4 nitrogen and oxygen atoms in total. The summed E-state index contributed by atoms with van der Waals surface area (Å²) in [4.78, 5) is 4.48. The van der Waals surface area contributed by atoms with Gasteiger partial charge in [0.15, 0.2) is 0 Å². The van der Waals surface area contributed by atoms with Crippen LogP contribution in [0.1, 0.15) is 18.1 Å². The second kappa shape index (κ2) is 5.13. The first kappa shape index (κ1) is 13.5. The van der Waals surface area contributed by atoms with Gasteiger partial charge in [0.05, 0.1) is 12.1 Å². The van der Waals surface area contributed by atoms with Crippen molar-refractivity contribution in [2.24, 2.45) is 0 Å². The van der Waals surface area contributed by atoms with Crippen LogP contribution in [-0.2, 0) is 0 Å². The summed E-state index contributed by atoms with van der Waals surface area (Å²) in [5.41, 5.74) is 11.3. The van der Waals surface area contributed by atoms with Crippen LogP contribution in [0.5, 0.6) is 5.75 Å². The van der Waals surface area contributed by atoms with E-state index in [1.54, 1.807) is 0 Å². The number of nitrogen functional groups attached to an aromatic ring is 1. The number of aryl methyl sites for hydroxylation is 2. The second-order valence-electron chi connectivity index (χ2n) is 5.21. The predicted molar refractivity (Wildman–Crippen MR) is 86.1 cm³/mol. The molecule has 3 rings (SSSR count). The first-order chi connectivity index (χ1) is 10.1. The Balaban J connectivity index is 2.27. The summed E-state index contributed by atoms with van der Waals surface area (Å²) < 4.78 is 7.61. The summed E-state index contributed by atoms with van der Waals surface area (Å²) in [6, 6.07) is 12.3. The molecule has 3 aromatic rings. The van der Waals surface area contributed by atoms with Gasteiger partial charge >= 0.3 is 0 Å². The van der Waals surface area contributed by atoms with Gasteiger partial charge in [-0.05, 0) is 56.2 Å². The maximum atomic E-state index is 6.15. The molecule has 0 radical (unpaired) electrons. The van der Waals surface area contributed by atoms with Crippen LogP contribution in [0, 0.1) is 13.8 Å². The first-order valence-corrected chi connectivity index (χ1v) is 7.08. The molecule has 4 heteroatoms. The van der Waals surface area contributed by atoms with Gasteiger partial charge in [-0.15, -0.1) is 0 Å². The van der Waals surface area contributed by atoms with E-state index in [1.807, 2.05) is 29.7 Å². The minimum Gasteiger partial charge on any atom is -0.492 e. The first-order valence-electron chi connectivity index (χ1n) is 7.08. The number of rotatable bonds is 3. The second-order valence-corrected chi connectivity index (χ2v) is 5.21. The molecule has 2 N–H and O–H groups in total. The van der Waals surface area contributed by atoms with Crippen molar-refractivity contribution < 1.29 is 4.74 Å². The SMILES string of the molecule is CCOc1cccc2c1nc(N)n2-c1cc(C)cc(C)c1. The van der Waals surface area contributed by atoms with Crippen molar-refractivity contribution >= 4 is 17.0 Å². The molecule has 0 fully saturated rings. The molecule has 0 aliphatic rings. The lowest BCUT2D eigenvalue weighted by Crippen LogP contribution is -2.01. The number of hydrogen-bond acceptors (Lipinski definition) is 3. The Hall–Kier alpha value is -2.49.